The van der Waals surface area contributed by atoms with E-state index in [-0.39, 0.29) is 11.6 Å². The molecule has 0 amide bonds. The molecule has 4 aromatic rings. The van der Waals surface area contributed by atoms with Crippen LogP contribution in [-0.4, -0.2) is 24.8 Å². The molecule has 0 radical (unpaired) electrons. The van der Waals surface area contributed by atoms with Gasteiger partial charge in [-0.1, -0.05) is 119 Å². The maximum Gasteiger partial charge on any atom is 0.194 e. The minimum Gasteiger partial charge on any atom is -0.494 e. The van der Waals surface area contributed by atoms with Crippen molar-refractivity contribution >= 4 is 34.8 Å². The highest BCUT2D eigenvalue weighted by Crippen LogP contribution is 2.23. The first-order valence-corrected chi connectivity index (χ1v) is 19.1. The number of unbranched alkanes of at least 4 members (excludes halogenated alkanes) is 10. The Bertz CT molecular complexity index is 1600. The van der Waals surface area contributed by atoms with Crippen LogP contribution in [0.25, 0.3) is 0 Å². The molecule has 6 heteroatoms. The summed E-state index contributed by atoms with van der Waals surface area (Å²) in [5, 5.41) is 1.11. The number of rotatable bonds is 20. The van der Waals surface area contributed by atoms with Gasteiger partial charge in [-0.15, -0.1) is 0 Å². The lowest BCUT2D eigenvalue weighted by molar-refractivity contribution is 0.103. The lowest BCUT2D eigenvalue weighted by Crippen LogP contribution is -2.03. The van der Waals surface area contributed by atoms with Crippen LogP contribution < -0.4 is 9.47 Å². The van der Waals surface area contributed by atoms with E-state index in [2.05, 4.69) is 13.8 Å². The molecule has 0 bridgehead atoms. The van der Waals surface area contributed by atoms with Crippen molar-refractivity contribution in [2.75, 3.05) is 13.2 Å². The van der Waals surface area contributed by atoms with Crippen molar-refractivity contribution < 1.29 is 19.1 Å². The van der Waals surface area contributed by atoms with Crippen LogP contribution in [0, 0.1) is 13.8 Å². The first kappa shape index (κ1) is 40.8. The van der Waals surface area contributed by atoms with Crippen LogP contribution in [0.1, 0.15) is 134 Å². The number of carbonyl (C=O) groups excluding carboxylic acids is 2. The van der Waals surface area contributed by atoms with E-state index in [1.807, 2.05) is 74.5 Å². The molecule has 0 aromatic heterocycles. The SMILES string of the molecule is CCCCCCCCOc1ccc(C(=O)c2ccc(C)c(Cl)c2)cc1.CCCCCCCCOc1ccc(C(=O)c2ccc(C)cc2Cl)cc1. The van der Waals surface area contributed by atoms with E-state index >= 15 is 0 Å². The van der Waals surface area contributed by atoms with Gasteiger partial charge in [0.1, 0.15) is 11.5 Å². The van der Waals surface area contributed by atoms with Gasteiger partial charge >= 0.3 is 0 Å². The van der Waals surface area contributed by atoms with Crippen molar-refractivity contribution in [2.45, 2.75) is 105 Å². The molecule has 0 fully saturated rings. The monoisotopic (exact) mass is 716 g/mol. The van der Waals surface area contributed by atoms with Crippen LogP contribution >= 0.6 is 23.2 Å². The van der Waals surface area contributed by atoms with Crippen molar-refractivity contribution in [3.05, 3.63) is 128 Å². The third-order valence-electron chi connectivity index (χ3n) is 8.57. The molecule has 4 aromatic carbocycles. The van der Waals surface area contributed by atoms with Gasteiger partial charge in [0.05, 0.1) is 18.2 Å². The maximum atomic E-state index is 12.5. The predicted octanol–water partition coefficient (Wildman–Crippen LogP) is 13.2. The molecule has 0 heterocycles. The standard InChI is InChI=1S/2C22H27ClO2/c1-3-4-5-6-7-8-15-25-19-12-10-18(11-13-19)22(24)20-14-9-17(2)16-21(20)23;1-3-4-5-6-7-8-15-25-20-13-11-18(12-14-20)22(24)19-10-9-17(2)21(23)16-19/h2*9-14,16H,3-8,15H2,1-2H3. The lowest BCUT2D eigenvalue weighted by atomic mass is 10.0. The number of aryl methyl sites for hydroxylation is 2. The molecule has 0 atom stereocenters. The van der Waals surface area contributed by atoms with Gasteiger partial charge in [0.2, 0.25) is 0 Å². The van der Waals surface area contributed by atoms with Crippen LogP contribution in [0.4, 0.5) is 0 Å². The molecule has 4 nitrogen and oxygen atoms in total. The van der Waals surface area contributed by atoms with E-state index in [1.54, 1.807) is 24.3 Å². The molecule has 0 unspecified atom stereocenters. The largest absolute Gasteiger partial charge is 0.494 e. The van der Waals surface area contributed by atoms with Crippen LogP contribution in [0.2, 0.25) is 10.0 Å². The van der Waals surface area contributed by atoms with Gasteiger partial charge < -0.3 is 9.47 Å². The van der Waals surface area contributed by atoms with E-state index in [0.717, 1.165) is 48.7 Å². The van der Waals surface area contributed by atoms with Crippen LogP contribution in [0.15, 0.2) is 84.9 Å². The smallest absolute Gasteiger partial charge is 0.194 e. The van der Waals surface area contributed by atoms with Crippen molar-refractivity contribution in [3.8, 4) is 11.5 Å². The maximum absolute atomic E-state index is 12.5. The molecule has 0 aliphatic carbocycles. The number of benzene rings is 4. The summed E-state index contributed by atoms with van der Waals surface area (Å²) in [6.07, 6.45) is 15.0. The Labute approximate surface area is 310 Å². The molecule has 50 heavy (non-hydrogen) atoms. The Balaban J connectivity index is 0.000000270. The molecular weight excluding hydrogens is 663 g/mol. The summed E-state index contributed by atoms with van der Waals surface area (Å²) in [6, 6.07) is 25.6. The fourth-order valence-corrected chi connectivity index (χ4v) is 5.91. The van der Waals surface area contributed by atoms with E-state index < -0.39 is 0 Å². The Morgan fingerprint density at radius 2 is 0.960 bits per heavy atom. The summed E-state index contributed by atoms with van der Waals surface area (Å²) < 4.78 is 11.5. The summed E-state index contributed by atoms with van der Waals surface area (Å²) in [6.45, 7) is 9.79. The number of hydrogen-bond acceptors (Lipinski definition) is 4. The Morgan fingerprint density at radius 3 is 1.44 bits per heavy atom. The van der Waals surface area contributed by atoms with Crippen molar-refractivity contribution in [3.63, 3.8) is 0 Å². The molecule has 0 N–H and O–H groups in total. The second-order valence-corrected chi connectivity index (χ2v) is 13.7. The summed E-state index contributed by atoms with van der Waals surface area (Å²) in [5.41, 5.74) is 4.42. The number of halogens is 2. The first-order valence-electron chi connectivity index (χ1n) is 18.3. The van der Waals surface area contributed by atoms with Crippen LogP contribution in [0.5, 0.6) is 11.5 Å². The Hall–Kier alpha value is -3.60. The number of carbonyl (C=O) groups is 2. The average molecular weight is 718 g/mol. The highest BCUT2D eigenvalue weighted by Gasteiger charge is 2.13. The van der Waals surface area contributed by atoms with Gasteiger partial charge in [-0.3, -0.25) is 9.59 Å². The molecule has 0 aliphatic heterocycles. The fourth-order valence-electron chi connectivity index (χ4n) is 5.41. The lowest BCUT2D eigenvalue weighted by Gasteiger charge is -2.08. The van der Waals surface area contributed by atoms with Gasteiger partial charge in [-0.2, -0.15) is 0 Å². The second-order valence-electron chi connectivity index (χ2n) is 12.9. The zero-order valence-corrected chi connectivity index (χ0v) is 31.9. The first-order chi connectivity index (χ1) is 24.2. The number of ketones is 2. The molecule has 268 valence electrons. The van der Waals surface area contributed by atoms with Gasteiger partial charge in [0, 0.05) is 27.3 Å². The van der Waals surface area contributed by atoms with Gasteiger partial charge in [0.15, 0.2) is 11.6 Å². The normalized spacial score (nSPS) is 10.7. The van der Waals surface area contributed by atoms with Gasteiger partial charge in [-0.25, -0.2) is 0 Å². The fraction of sp³-hybridized carbons (Fsp3) is 0.409. The summed E-state index contributed by atoms with van der Waals surface area (Å²) in [5.74, 6) is 1.53. The van der Waals surface area contributed by atoms with E-state index in [9.17, 15) is 9.59 Å². The van der Waals surface area contributed by atoms with Gasteiger partial charge in [-0.05, 0) is 105 Å². The third-order valence-corrected chi connectivity index (χ3v) is 9.29. The van der Waals surface area contributed by atoms with E-state index in [0.29, 0.717) is 32.3 Å². The average Bonchev–Trinajstić information content (AvgIpc) is 3.12. The zero-order valence-electron chi connectivity index (χ0n) is 30.4. The predicted molar refractivity (Wildman–Crippen MR) is 210 cm³/mol. The van der Waals surface area contributed by atoms with Crippen molar-refractivity contribution in [1.29, 1.82) is 0 Å². The molecular formula is C44H54Cl2O4. The van der Waals surface area contributed by atoms with Crippen molar-refractivity contribution in [1.82, 2.24) is 0 Å². The second kappa shape index (κ2) is 23.0. The summed E-state index contributed by atoms with van der Waals surface area (Å²) in [7, 11) is 0. The zero-order chi connectivity index (χ0) is 36.1. The Kier molecular flexibility index (Phi) is 18.8. The minimum absolute atomic E-state index is 0.0237. The van der Waals surface area contributed by atoms with Crippen LogP contribution in [-0.2, 0) is 0 Å². The highest BCUT2D eigenvalue weighted by atomic mass is 35.5. The van der Waals surface area contributed by atoms with Crippen molar-refractivity contribution in [2.24, 2.45) is 0 Å². The molecule has 0 spiro atoms. The Morgan fingerprint density at radius 1 is 0.500 bits per heavy atom. The quantitative estimate of drug-likeness (QED) is 0.0675. The van der Waals surface area contributed by atoms with Crippen LogP contribution in [0.3, 0.4) is 0 Å². The third kappa shape index (κ3) is 14.3. The van der Waals surface area contributed by atoms with Gasteiger partial charge in [0.25, 0.3) is 0 Å². The summed E-state index contributed by atoms with van der Waals surface area (Å²) >= 11 is 12.3. The van der Waals surface area contributed by atoms with E-state index in [4.69, 9.17) is 32.7 Å². The number of ether oxygens (including phenoxy) is 2. The topological polar surface area (TPSA) is 52.6 Å². The molecule has 0 aliphatic rings. The summed E-state index contributed by atoms with van der Waals surface area (Å²) in [4.78, 5) is 25.1. The minimum atomic E-state index is -0.0625. The number of hydrogen-bond donors (Lipinski definition) is 0. The highest BCUT2D eigenvalue weighted by molar-refractivity contribution is 6.35. The molecule has 0 saturated carbocycles. The molecule has 0 saturated heterocycles. The molecule has 4 rings (SSSR count). The van der Waals surface area contributed by atoms with E-state index in [1.165, 1.54) is 64.2 Å².